The van der Waals surface area contributed by atoms with Crippen LogP contribution in [-0.2, 0) is 28.7 Å². The van der Waals surface area contributed by atoms with Crippen LogP contribution in [0.2, 0.25) is 0 Å². The van der Waals surface area contributed by atoms with Crippen LogP contribution in [-0.4, -0.2) is 32.7 Å². The van der Waals surface area contributed by atoms with E-state index in [1.54, 1.807) is 19.1 Å². The Hall–Kier alpha value is -1.20. The monoisotopic (exact) mass is 253 g/mol. The summed E-state index contributed by atoms with van der Waals surface area (Å²) in [6, 6.07) is 5.34. The van der Waals surface area contributed by atoms with Gasteiger partial charge >= 0.3 is 0 Å². The lowest BCUT2D eigenvalue weighted by atomic mass is 10.0. The van der Waals surface area contributed by atoms with Crippen LogP contribution in [0, 0.1) is 0 Å². The third-order valence-corrected chi connectivity index (χ3v) is 3.78. The van der Waals surface area contributed by atoms with Crippen LogP contribution >= 0.6 is 0 Å². The lowest BCUT2D eigenvalue weighted by Gasteiger charge is -2.17. The molecule has 1 aliphatic heterocycles. The molecule has 92 valence electrons. The molecule has 0 aliphatic carbocycles. The summed E-state index contributed by atoms with van der Waals surface area (Å²) in [6.07, 6.45) is 1.56. The highest BCUT2D eigenvalue weighted by Gasteiger charge is 2.16. The van der Waals surface area contributed by atoms with Crippen molar-refractivity contribution in [2.75, 3.05) is 13.1 Å². The molecule has 0 radical (unpaired) electrons. The van der Waals surface area contributed by atoms with Crippen molar-refractivity contribution in [3.63, 3.8) is 0 Å². The Kier molecular flexibility index (Phi) is 3.59. The second-order valence-electron chi connectivity index (χ2n) is 4.19. The van der Waals surface area contributed by atoms with Gasteiger partial charge < -0.3 is 9.45 Å². The first-order valence-corrected chi connectivity index (χ1v) is 6.67. The standard InChI is InChI=1S/C12H15NO3S/c1-9(14)13-6-4-10-2-3-12(17(15)16)8-11(10)5-7-13/h2-3,8H,4-7H2,1H3,(H,15,16). The molecule has 1 heterocycles. The zero-order valence-electron chi connectivity index (χ0n) is 9.68. The van der Waals surface area contributed by atoms with E-state index in [0.717, 1.165) is 24.9 Å². The number of amides is 1. The van der Waals surface area contributed by atoms with E-state index in [0.29, 0.717) is 11.4 Å². The van der Waals surface area contributed by atoms with E-state index in [-0.39, 0.29) is 5.91 Å². The normalized spacial score (nSPS) is 17.2. The van der Waals surface area contributed by atoms with Crippen molar-refractivity contribution in [3.05, 3.63) is 29.3 Å². The van der Waals surface area contributed by atoms with Gasteiger partial charge in [0.25, 0.3) is 0 Å². The Bertz CT molecular complexity index is 473. The van der Waals surface area contributed by atoms with Gasteiger partial charge in [-0.25, -0.2) is 4.21 Å². The zero-order chi connectivity index (χ0) is 12.4. The van der Waals surface area contributed by atoms with E-state index in [1.165, 1.54) is 5.56 Å². The molecule has 5 heteroatoms. The van der Waals surface area contributed by atoms with Gasteiger partial charge in [-0.05, 0) is 36.1 Å². The lowest BCUT2D eigenvalue weighted by molar-refractivity contribution is -0.128. The summed E-state index contributed by atoms with van der Waals surface area (Å²) in [6.45, 7) is 2.98. The van der Waals surface area contributed by atoms with E-state index < -0.39 is 11.1 Å². The number of benzene rings is 1. The predicted octanol–water partition coefficient (Wildman–Crippen LogP) is 1.21. The van der Waals surface area contributed by atoms with Gasteiger partial charge in [0.2, 0.25) is 5.91 Å². The molecular weight excluding hydrogens is 238 g/mol. The van der Waals surface area contributed by atoms with Crippen molar-refractivity contribution in [1.29, 1.82) is 0 Å². The molecule has 0 saturated heterocycles. The summed E-state index contributed by atoms with van der Waals surface area (Å²) in [5.74, 6) is 0.0868. The Labute approximate surface area is 103 Å². The molecule has 0 spiro atoms. The highest BCUT2D eigenvalue weighted by molar-refractivity contribution is 7.79. The minimum absolute atomic E-state index is 0.0868. The maximum atomic E-state index is 11.3. The molecule has 1 unspecified atom stereocenters. The average molecular weight is 253 g/mol. The number of hydrogen-bond acceptors (Lipinski definition) is 2. The smallest absolute Gasteiger partial charge is 0.219 e. The average Bonchev–Trinajstić information content (AvgIpc) is 2.50. The maximum Gasteiger partial charge on any atom is 0.219 e. The molecule has 1 aliphatic rings. The fourth-order valence-corrected chi connectivity index (χ4v) is 2.55. The van der Waals surface area contributed by atoms with Crippen LogP contribution in [0.3, 0.4) is 0 Å². The highest BCUT2D eigenvalue weighted by atomic mass is 32.2. The van der Waals surface area contributed by atoms with E-state index in [1.807, 2.05) is 11.0 Å². The molecule has 0 fully saturated rings. The molecule has 0 saturated carbocycles. The topological polar surface area (TPSA) is 57.6 Å². The number of nitrogens with zero attached hydrogens (tertiary/aromatic N) is 1. The van der Waals surface area contributed by atoms with Gasteiger partial charge in [0.05, 0.1) is 4.90 Å². The van der Waals surface area contributed by atoms with Gasteiger partial charge in [0.1, 0.15) is 0 Å². The maximum absolute atomic E-state index is 11.3. The predicted molar refractivity (Wildman–Crippen MR) is 65.1 cm³/mol. The van der Waals surface area contributed by atoms with E-state index in [9.17, 15) is 9.00 Å². The van der Waals surface area contributed by atoms with E-state index >= 15 is 0 Å². The molecular formula is C12H15NO3S. The molecule has 1 aromatic carbocycles. The van der Waals surface area contributed by atoms with Crippen molar-refractivity contribution in [2.24, 2.45) is 0 Å². The molecule has 1 N–H and O–H groups in total. The number of rotatable bonds is 1. The summed E-state index contributed by atoms with van der Waals surface area (Å²) in [5.41, 5.74) is 2.25. The van der Waals surface area contributed by atoms with Crippen LogP contribution in [0.25, 0.3) is 0 Å². The number of fused-ring (bicyclic) bond motifs is 1. The van der Waals surface area contributed by atoms with Crippen LogP contribution in [0.1, 0.15) is 18.1 Å². The first-order chi connectivity index (χ1) is 8.08. The Balaban J connectivity index is 2.25. The van der Waals surface area contributed by atoms with Gasteiger partial charge in [-0.1, -0.05) is 6.07 Å². The van der Waals surface area contributed by atoms with Crippen molar-refractivity contribution in [1.82, 2.24) is 4.90 Å². The van der Waals surface area contributed by atoms with Gasteiger partial charge in [0.15, 0.2) is 11.1 Å². The Morgan fingerprint density at radius 1 is 1.29 bits per heavy atom. The van der Waals surface area contributed by atoms with Crippen molar-refractivity contribution < 1.29 is 13.6 Å². The SMILES string of the molecule is CC(=O)N1CCc2ccc(S(=O)O)cc2CC1. The molecule has 1 aromatic rings. The number of carbonyl (C=O) groups is 1. The van der Waals surface area contributed by atoms with Crippen molar-refractivity contribution >= 4 is 17.0 Å². The van der Waals surface area contributed by atoms with Gasteiger partial charge in [-0.2, -0.15) is 0 Å². The van der Waals surface area contributed by atoms with Gasteiger partial charge in [0, 0.05) is 20.0 Å². The quantitative estimate of drug-likeness (QED) is 0.765. The molecule has 0 bridgehead atoms. The van der Waals surface area contributed by atoms with Crippen LogP contribution in [0.4, 0.5) is 0 Å². The fourth-order valence-electron chi connectivity index (χ4n) is 2.13. The zero-order valence-corrected chi connectivity index (χ0v) is 10.5. The lowest BCUT2D eigenvalue weighted by Crippen LogP contribution is -2.30. The minimum atomic E-state index is -1.93. The van der Waals surface area contributed by atoms with Crippen LogP contribution in [0.15, 0.2) is 23.1 Å². The Morgan fingerprint density at radius 3 is 2.53 bits per heavy atom. The fraction of sp³-hybridized carbons (Fsp3) is 0.417. The first-order valence-electron chi connectivity index (χ1n) is 5.56. The van der Waals surface area contributed by atoms with Crippen LogP contribution in [0.5, 0.6) is 0 Å². The van der Waals surface area contributed by atoms with Crippen LogP contribution < -0.4 is 0 Å². The van der Waals surface area contributed by atoms with Gasteiger partial charge in [-0.3, -0.25) is 4.79 Å². The van der Waals surface area contributed by atoms with E-state index in [2.05, 4.69) is 0 Å². The molecule has 2 rings (SSSR count). The summed E-state index contributed by atoms with van der Waals surface area (Å²) in [5, 5.41) is 0. The second kappa shape index (κ2) is 4.98. The third kappa shape index (κ3) is 2.73. The summed E-state index contributed by atoms with van der Waals surface area (Å²) in [4.78, 5) is 13.6. The molecule has 1 atom stereocenters. The Morgan fingerprint density at radius 2 is 1.94 bits per heavy atom. The van der Waals surface area contributed by atoms with Gasteiger partial charge in [-0.15, -0.1) is 0 Å². The molecule has 4 nitrogen and oxygen atoms in total. The van der Waals surface area contributed by atoms with E-state index in [4.69, 9.17) is 4.55 Å². The number of hydrogen-bond donors (Lipinski definition) is 1. The summed E-state index contributed by atoms with van der Waals surface area (Å²) < 4.78 is 20.0. The number of carbonyl (C=O) groups excluding carboxylic acids is 1. The molecule has 17 heavy (non-hydrogen) atoms. The minimum Gasteiger partial charge on any atom is -0.342 e. The largest absolute Gasteiger partial charge is 0.342 e. The second-order valence-corrected chi connectivity index (χ2v) is 5.16. The molecule has 0 aromatic heterocycles. The summed E-state index contributed by atoms with van der Waals surface area (Å²) in [7, 11) is 0. The summed E-state index contributed by atoms with van der Waals surface area (Å²) >= 11 is -1.93. The highest BCUT2D eigenvalue weighted by Crippen LogP contribution is 2.19. The van der Waals surface area contributed by atoms with Crippen molar-refractivity contribution in [2.45, 2.75) is 24.7 Å². The first kappa shape index (κ1) is 12.3. The molecule has 1 amide bonds. The van der Waals surface area contributed by atoms with Crippen molar-refractivity contribution in [3.8, 4) is 0 Å². The third-order valence-electron chi connectivity index (χ3n) is 3.13.